The lowest BCUT2D eigenvalue weighted by Crippen LogP contribution is -2.33. The van der Waals surface area contributed by atoms with Crippen LogP contribution in [0.25, 0.3) is 0 Å². The molecule has 0 aromatic rings. The summed E-state index contributed by atoms with van der Waals surface area (Å²) >= 11 is 0. The molecule has 16 heavy (non-hydrogen) atoms. The molecule has 0 aliphatic heterocycles. The predicted molar refractivity (Wildman–Crippen MR) is 63.4 cm³/mol. The number of nitrogens with zero attached hydrogens (tertiary/aromatic N) is 1. The highest BCUT2D eigenvalue weighted by molar-refractivity contribution is 7.89. The number of carbonyl (C=O) groups is 1. The first-order chi connectivity index (χ1) is 7.44. The number of rotatable bonds is 8. The largest absolute Gasteiger partial charge is 0.359 e. The number of sulfonamides is 1. The van der Waals surface area contributed by atoms with Crippen molar-refractivity contribution < 1.29 is 13.2 Å². The fourth-order valence-corrected chi connectivity index (χ4v) is 2.36. The fourth-order valence-electron chi connectivity index (χ4n) is 1.11. The molecule has 6 nitrogen and oxygen atoms in total. The van der Waals surface area contributed by atoms with E-state index < -0.39 is 10.0 Å². The molecule has 0 spiro atoms. The van der Waals surface area contributed by atoms with Crippen LogP contribution in [0.5, 0.6) is 0 Å². The number of nitrogens with one attached hydrogen (secondary N) is 1. The summed E-state index contributed by atoms with van der Waals surface area (Å²) in [6, 6.07) is 0. The summed E-state index contributed by atoms with van der Waals surface area (Å²) in [6.45, 7) is 0.710. The number of unbranched alkanes of at least 4 members (excludes halogenated alkanes) is 1. The van der Waals surface area contributed by atoms with E-state index in [0.717, 1.165) is 0 Å². The molecule has 0 heterocycles. The van der Waals surface area contributed by atoms with Gasteiger partial charge in [-0.05, 0) is 19.4 Å². The Kier molecular flexibility index (Phi) is 7.27. The zero-order valence-corrected chi connectivity index (χ0v) is 10.7. The van der Waals surface area contributed by atoms with E-state index in [1.807, 2.05) is 0 Å². The topological polar surface area (TPSA) is 92.5 Å². The van der Waals surface area contributed by atoms with Crippen molar-refractivity contribution >= 4 is 15.9 Å². The molecule has 1 amide bonds. The lowest BCUT2D eigenvalue weighted by Gasteiger charge is -2.16. The highest BCUT2D eigenvalue weighted by Gasteiger charge is 2.17. The Hall–Kier alpha value is -0.660. The van der Waals surface area contributed by atoms with E-state index in [9.17, 15) is 13.2 Å². The first-order valence-corrected chi connectivity index (χ1v) is 6.89. The van der Waals surface area contributed by atoms with E-state index in [-0.39, 0.29) is 24.6 Å². The molecule has 96 valence electrons. The van der Waals surface area contributed by atoms with Gasteiger partial charge in [-0.15, -0.1) is 0 Å². The smallest absolute Gasteiger partial charge is 0.221 e. The van der Waals surface area contributed by atoms with Crippen LogP contribution >= 0.6 is 0 Å². The molecule has 0 saturated carbocycles. The van der Waals surface area contributed by atoms with Crippen LogP contribution in [0.15, 0.2) is 0 Å². The number of nitrogens with two attached hydrogens (primary N) is 1. The van der Waals surface area contributed by atoms with Crippen molar-refractivity contribution in [1.29, 1.82) is 0 Å². The van der Waals surface area contributed by atoms with Gasteiger partial charge in [0.2, 0.25) is 15.9 Å². The van der Waals surface area contributed by atoms with Crippen LogP contribution in [0.3, 0.4) is 0 Å². The summed E-state index contributed by atoms with van der Waals surface area (Å²) in [7, 11) is -0.226. The molecule has 0 unspecified atom stereocenters. The second-order valence-corrected chi connectivity index (χ2v) is 5.75. The molecule has 0 saturated heterocycles. The summed E-state index contributed by atoms with van der Waals surface area (Å²) in [5.74, 6) is -0.0712. The zero-order chi connectivity index (χ0) is 12.6. The minimum atomic E-state index is -3.24. The quantitative estimate of drug-likeness (QED) is 0.548. The van der Waals surface area contributed by atoms with Gasteiger partial charge in [-0.25, -0.2) is 12.7 Å². The molecular formula is C9H21N3O3S. The first kappa shape index (κ1) is 15.3. The Balaban J connectivity index is 4.04. The molecule has 0 radical (unpaired) electrons. The van der Waals surface area contributed by atoms with Crippen LogP contribution in [-0.2, 0) is 14.8 Å². The monoisotopic (exact) mass is 251 g/mol. The maximum Gasteiger partial charge on any atom is 0.221 e. The molecule has 0 rings (SSSR count). The van der Waals surface area contributed by atoms with E-state index in [2.05, 4.69) is 5.32 Å². The Morgan fingerprint density at radius 1 is 1.38 bits per heavy atom. The Morgan fingerprint density at radius 3 is 2.50 bits per heavy atom. The molecule has 7 heteroatoms. The van der Waals surface area contributed by atoms with Crippen molar-refractivity contribution in [3.05, 3.63) is 0 Å². The Bertz CT molecular complexity index is 303. The minimum absolute atomic E-state index is 0.0917. The molecule has 0 aromatic carbocycles. The van der Waals surface area contributed by atoms with Crippen molar-refractivity contribution in [1.82, 2.24) is 9.62 Å². The summed E-state index contributed by atoms with van der Waals surface area (Å²) < 4.78 is 24.5. The van der Waals surface area contributed by atoms with E-state index in [4.69, 9.17) is 5.73 Å². The molecule has 0 fully saturated rings. The molecule has 0 bridgehead atoms. The average Bonchev–Trinajstić information content (AvgIpc) is 2.25. The summed E-state index contributed by atoms with van der Waals surface area (Å²) in [5.41, 5.74) is 5.29. The van der Waals surface area contributed by atoms with E-state index >= 15 is 0 Å². The standard InChI is InChI=1S/C9H21N3O3S/c1-11-9(13)5-7-12(2)16(14,15)8-4-3-6-10/h3-8,10H2,1-2H3,(H,11,13). The van der Waals surface area contributed by atoms with Gasteiger partial charge in [0.25, 0.3) is 0 Å². The van der Waals surface area contributed by atoms with Crippen LogP contribution in [-0.4, -0.2) is 51.6 Å². The van der Waals surface area contributed by atoms with Gasteiger partial charge in [-0.3, -0.25) is 4.79 Å². The number of amides is 1. The van der Waals surface area contributed by atoms with Gasteiger partial charge in [0.15, 0.2) is 0 Å². The van der Waals surface area contributed by atoms with Crippen LogP contribution in [0.2, 0.25) is 0 Å². The fraction of sp³-hybridized carbons (Fsp3) is 0.889. The Morgan fingerprint density at radius 2 is 2.00 bits per heavy atom. The molecule has 0 aliphatic rings. The summed E-state index contributed by atoms with van der Waals surface area (Å²) in [5, 5.41) is 2.45. The minimum Gasteiger partial charge on any atom is -0.359 e. The van der Waals surface area contributed by atoms with Crippen molar-refractivity contribution in [2.45, 2.75) is 19.3 Å². The molecule has 0 aliphatic carbocycles. The van der Waals surface area contributed by atoms with Gasteiger partial charge in [-0.1, -0.05) is 0 Å². The van der Waals surface area contributed by atoms with E-state index in [1.54, 1.807) is 0 Å². The molecule has 0 aromatic heterocycles. The number of hydrogen-bond donors (Lipinski definition) is 2. The maximum absolute atomic E-state index is 11.7. The normalized spacial score (nSPS) is 11.8. The highest BCUT2D eigenvalue weighted by atomic mass is 32.2. The lowest BCUT2D eigenvalue weighted by atomic mass is 10.3. The van der Waals surface area contributed by atoms with Crippen molar-refractivity contribution in [2.75, 3.05) is 32.9 Å². The second kappa shape index (κ2) is 7.59. The maximum atomic E-state index is 11.7. The van der Waals surface area contributed by atoms with Gasteiger partial charge in [-0.2, -0.15) is 0 Å². The van der Waals surface area contributed by atoms with Gasteiger partial charge < -0.3 is 11.1 Å². The SMILES string of the molecule is CNC(=O)CCN(C)S(=O)(=O)CCCCN. The summed E-state index contributed by atoms with van der Waals surface area (Å²) in [6.07, 6.45) is 1.44. The predicted octanol–water partition coefficient (Wildman–Crippen LogP) is -0.877. The summed E-state index contributed by atoms with van der Waals surface area (Å²) in [4.78, 5) is 11.0. The van der Waals surface area contributed by atoms with E-state index in [1.165, 1.54) is 18.4 Å². The molecular weight excluding hydrogens is 230 g/mol. The van der Waals surface area contributed by atoms with Gasteiger partial charge in [0.05, 0.1) is 5.75 Å². The van der Waals surface area contributed by atoms with Gasteiger partial charge in [0, 0.05) is 27.1 Å². The third kappa shape index (κ3) is 6.04. The number of carbonyl (C=O) groups excluding carboxylic acids is 1. The molecule has 0 atom stereocenters. The zero-order valence-electron chi connectivity index (χ0n) is 9.90. The van der Waals surface area contributed by atoms with Crippen molar-refractivity contribution in [2.24, 2.45) is 5.73 Å². The Labute approximate surface area is 97.2 Å². The third-order valence-electron chi connectivity index (χ3n) is 2.26. The van der Waals surface area contributed by atoms with Crippen LogP contribution in [0.4, 0.5) is 0 Å². The first-order valence-electron chi connectivity index (χ1n) is 5.28. The highest BCUT2D eigenvalue weighted by Crippen LogP contribution is 2.02. The van der Waals surface area contributed by atoms with Crippen LogP contribution in [0.1, 0.15) is 19.3 Å². The lowest BCUT2D eigenvalue weighted by molar-refractivity contribution is -0.120. The van der Waals surface area contributed by atoms with Gasteiger partial charge >= 0.3 is 0 Å². The molecule has 3 N–H and O–H groups in total. The number of hydrogen-bond acceptors (Lipinski definition) is 4. The van der Waals surface area contributed by atoms with Crippen molar-refractivity contribution in [3.8, 4) is 0 Å². The average molecular weight is 251 g/mol. The third-order valence-corrected chi connectivity index (χ3v) is 4.20. The van der Waals surface area contributed by atoms with Crippen LogP contribution < -0.4 is 11.1 Å². The van der Waals surface area contributed by atoms with Crippen molar-refractivity contribution in [3.63, 3.8) is 0 Å². The second-order valence-electron chi connectivity index (χ2n) is 3.56. The van der Waals surface area contributed by atoms with Gasteiger partial charge in [0.1, 0.15) is 0 Å². The van der Waals surface area contributed by atoms with Crippen LogP contribution in [0, 0.1) is 0 Å². The van der Waals surface area contributed by atoms with E-state index in [0.29, 0.717) is 19.4 Å².